The van der Waals surface area contributed by atoms with Gasteiger partial charge < -0.3 is 0 Å². The first-order chi connectivity index (χ1) is 37.2. The van der Waals surface area contributed by atoms with Crippen LogP contribution in [0.3, 0.4) is 0 Å². The zero-order valence-electron chi connectivity index (χ0n) is 41.4. The van der Waals surface area contributed by atoms with E-state index in [0.29, 0.717) is 0 Å². The monoisotopic (exact) mass is 950 g/mol. The lowest BCUT2D eigenvalue weighted by Crippen LogP contribution is -2.33. The largest absolute Gasteiger partial charge is 0.0713 e. The van der Waals surface area contributed by atoms with Gasteiger partial charge in [0, 0.05) is 5.92 Å². The van der Waals surface area contributed by atoms with Gasteiger partial charge in [0.05, 0.1) is 16.2 Å². The highest BCUT2D eigenvalue weighted by molar-refractivity contribution is 5.95. The van der Waals surface area contributed by atoms with Crippen LogP contribution in [0.4, 0.5) is 0 Å². The summed E-state index contributed by atoms with van der Waals surface area (Å²) in [6.45, 7) is 0. The van der Waals surface area contributed by atoms with E-state index >= 15 is 0 Å². The molecule has 75 heavy (non-hydrogen) atoms. The Morgan fingerprint density at radius 2 is 0.600 bits per heavy atom. The normalized spacial score (nSPS) is 16.8. The van der Waals surface area contributed by atoms with Crippen molar-refractivity contribution in [2.75, 3.05) is 0 Å². The van der Waals surface area contributed by atoms with Gasteiger partial charge in [0.15, 0.2) is 0 Å². The van der Waals surface area contributed by atoms with E-state index in [1.165, 1.54) is 128 Å². The highest BCUT2D eigenvalue weighted by Crippen LogP contribution is 2.66. The Morgan fingerprint density at radius 1 is 0.253 bits per heavy atom. The van der Waals surface area contributed by atoms with Crippen LogP contribution in [0, 0.1) is 5.92 Å². The van der Waals surface area contributed by atoms with Crippen molar-refractivity contribution >= 4 is 11.1 Å². The molecule has 0 aromatic heterocycles. The van der Waals surface area contributed by atoms with Crippen LogP contribution in [0.2, 0.25) is 0 Å². The summed E-state index contributed by atoms with van der Waals surface area (Å²) in [6, 6.07) is 104. The molecule has 5 aliphatic carbocycles. The molecule has 0 fully saturated rings. The molecule has 11 aromatic rings. The minimum Gasteiger partial charge on any atom is -0.0622 e. The Bertz CT molecular complexity index is 4060. The van der Waals surface area contributed by atoms with Crippen LogP contribution < -0.4 is 0 Å². The summed E-state index contributed by atoms with van der Waals surface area (Å²) in [6.07, 6.45) is 5.82. The van der Waals surface area contributed by atoms with Crippen LogP contribution >= 0.6 is 0 Å². The van der Waals surface area contributed by atoms with Gasteiger partial charge in [0.1, 0.15) is 0 Å². The van der Waals surface area contributed by atoms with E-state index in [-0.39, 0.29) is 11.3 Å². The Labute approximate surface area is 439 Å². The third kappa shape index (κ3) is 5.56. The van der Waals surface area contributed by atoms with E-state index in [2.05, 4.69) is 285 Å². The summed E-state index contributed by atoms with van der Waals surface area (Å²) in [5.41, 5.74) is 29.3. The molecule has 0 heterocycles. The van der Waals surface area contributed by atoms with E-state index in [1.807, 2.05) is 0 Å². The van der Waals surface area contributed by atoms with E-state index in [0.717, 1.165) is 6.42 Å². The minimum atomic E-state index is -0.526. The standard InChI is InChI=1S/C75H50/c1-3-19-53(20-4-1)74(54-21-5-2-6-22-54)67-31-15-9-27-61(67)63-45-39-51(47-71(63)74)49-35-41-55(42-36-49)73(65-29-13-7-23-57(65)58-24-8-14-30-66(58)73)56-43-37-50(38-44-56)52-40-46-64-62-28-12-18-34-70(62)75(72(64)48-52)68-32-16-10-25-59(68)60-26-11-17-33-69(60)75/h1-47,72H,48H2. The number of allylic oxidation sites excluding steroid dienone is 4. The minimum absolute atomic E-state index is 0.250. The molecule has 0 nitrogen and oxygen atoms in total. The molecular weight excluding hydrogens is 901 g/mol. The third-order valence-electron chi connectivity index (χ3n) is 18.2. The molecule has 16 rings (SSSR count). The summed E-state index contributed by atoms with van der Waals surface area (Å²) in [5.74, 6) is 0.270. The maximum Gasteiger partial charge on any atom is 0.0713 e. The van der Waals surface area contributed by atoms with Crippen molar-refractivity contribution in [2.45, 2.75) is 22.7 Å². The van der Waals surface area contributed by atoms with Crippen molar-refractivity contribution in [1.29, 1.82) is 0 Å². The molecule has 0 aliphatic heterocycles. The molecule has 1 unspecified atom stereocenters. The Hall–Kier alpha value is -9.10. The maximum absolute atomic E-state index is 2.48. The van der Waals surface area contributed by atoms with Gasteiger partial charge in [-0.3, -0.25) is 0 Å². The molecule has 0 N–H and O–H groups in total. The average Bonchev–Trinajstić information content (AvgIpc) is 4.18. The van der Waals surface area contributed by atoms with E-state index in [9.17, 15) is 0 Å². The summed E-state index contributed by atoms with van der Waals surface area (Å²) < 4.78 is 0. The molecule has 0 bridgehead atoms. The summed E-state index contributed by atoms with van der Waals surface area (Å²) in [4.78, 5) is 0. The Morgan fingerprint density at radius 3 is 1.09 bits per heavy atom. The highest BCUT2D eigenvalue weighted by Gasteiger charge is 2.57. The molecule has 0 heteroatoms. The van der Waals surface area contributed by atoms with Crippen molar-refractivity contribution in [3.8, 4) is 44.5 Å². The fourth-order valence-corrected chi connectivity index (χ4v) is 15.3. The molecule has 1 atom stereocenters. The Kier molecular flexibility index (Phi) is 9.02. The summed E-state index contributed by atoms with van der Waals surface area (Å²) >= 11 is 0. The number of rotatable bonds is 6. The van der Waals surface area contributed by atoms with Gasteiger partial charge in [-0.15, -0.1) is 0 Å². The number of benzene rings is 11. The molecule has 11 aromatic carbocycles. The van der Waals surface area contributed by atoms with Crippen molar-refractivity contribution in [1.82, 2.24) is 0 Å². The fourth-order valence-electron chi connectivity index (χ4n) is 15.3. The topological polar surface area (TPSA) is 0 Å². The lowest BCUT2D eigenvalue weighted by molar-refractivity contribution is 0.500. The molecule has 0 saturated heterocycles. The highest BCUT2D eigenvalue weighted by atomic mass is 14.6. The van der Waals surface area contributed by atoms with Crippen molar-refractivity contribution in [3.63, 3.8) is 0 Å². The van der Waals surface area contributed by atoms with Gasteiger partial charge in [-0.05, 0) is 140 Å². The molecule has 1 spiro atoms. The van der Waals surface area contributed by atoms with E-state index in [4.69, 9.17) is 0 Å². The molecule has 5 aliphatic rings. The molecule has 350 valence electrons. The van der Waals surface area contributed by atoms with Gasteiger partial charge in [-0.2, -0.15) is 0 Å². The SMILES string of the molecule is C1=C(c2ccc(C3(c4ccc(-c5ccc6c(c5)C(c5ccccc5)(c5ccccc5)c5ccccc5-6)cc4)c4ccccc4-c4ccccc43)cc2)CC2C(=C1)c1ccccc1C21c2ccccc2-c2ccccc21. The van der Waals surface area contributed by atoms with Gasteiger partial charge in [-0.25, -0.2) is 0 Å². The van der Waals surface area contributed by atoms with Gasteiger partial charge in [0.25, 0.3) is 0 Å². The first-order valence-corrected chi connectivity index (χ1v) is 26.7. The predicted octanol–water partition coefficient (Wildman–Crippen LogP) is 17.9. The maximum atomic E-state index is 2.48. The van der Waals surface area contributed by atoms with Crippen LogP contribution in [-0.4, -0.2) is 0 Å². The van der Waals surface area contributed by atoms with Gasteiger partial charge >= 0.3 is 0 Å². The molecular formula is C75H50. The number of fused-ring (bicyclic) bond motifs is 16. The number of hydrogen-bond donors (Lipinski definition) is 0. The molecule has 0 saturated carbocycles. The zero-order valence-corrected chi connectivity index (χ0v) is 41.4. The first-order valence-electron chi connectivity index (χ1n) is 26.7. The second-order valence-electron chi connectivity index (χ2n) is 21.3. The van der Waals surface area contributed by atoms with Crippen LogP contribution in [0.5, 0.6) is 0 Å². The number of hydrogen-bond acceptors (Lipinski definition) is 0. The fraction of sp³-hybridized carbons (Fsp3) is 0.0667. The van der Waals surface area contributed by atoms with Crippen LogP contribution in [0.1, 0.15) is 78.7 Å². The second-order valence-corrected chi connectivity index (χ2v) is 21.3. The van der Waals surface area contributed by atoms with Crippen LogP contribution in [0.15, 0.2) is 285 Å². The van der Waals surface area contributed by atoms with Crippen LogP contribution in [0.25, 0.3) is 55.7 Å². The average molecular weight is 951 g/mol. The van der Waals surface area contributed by atoms with Crippen molar-refractivity contribution in [2.24, 2.45) is 5.92 Å². The molecule has 0 amide bonds. The third-order valence-corrected chi connectivity index (χ3v) is 18.2. The Balaban J connectivity index is 0.816. The van der Waals surface area contributed by atoms with E-state index < -0.39 is 10.8 Å². The van der Waals surface area contributed by atoms with Crippen molar-refractivity contribution < 1.29 is 0 Å². The smallest absolute Gasteiger partial charge is 0.0622 e. The quantitative estimate of drug-likeness (QED) is 0.156. The summed E-state index contributed by atoms with van der Waals surface area (Å²) in [7, 11) is 0. The second kappa shape index (κ2) is 15.9. The van der Waals surface area contributed by atoms with E-state index in [1.54, 1.807) is 0 Å². The first kappa shape index (κ1) is 42.4. The molecule has 0 radical (unpaired) electrons. The van der Waals surface area contributed by atoms with Gasteiger partial charge in [-0.1, -0.05) is 279 Å². The van der Waals surface area contributed by atoms with Crippen molar-refractivity contribution in [3.05, 3.63) is 357 Å². The zero-order chi connectivity index (χ0) is 49.3. The van der Waals surface area contributed by atoms with Gasteiger partial charge in [0.2, 0.25) is 0 Å². The van der Waals surface area contributed by atoms with Crippen LogP contribution in [-0.2, 0) is 16.2 Å². The summed E-state index contributed by atoms with van der Waals surface area (Å²) in [5, 5.41) is 0. The predicted molar refractivity (Wildman–Crippen MR) is 309 cm³/mol. The lowest BCUT2D eigenvalue weighted by Gasteiger charge is -2.37. The lowest BCUT2D eigenvalue weighted by atomic mass is 9.64.